The molecule has 0 radical (unpaired) electrons. The number of nitrogens with zero attached hydrogens (tertiary/aromatic N) is 1. The Morgan fingerprint density at radius 2 is 1.76 bits per heavy atom. The molecule has 1 nitrogen and oxygen atoms in total. The van der Waals surface area contributed by atoms with Crippen molar-refractivity contribution in [1.29, 1.82) is 0 Å². The summed E-state index contributed by atoms with van der Waals surface area (Å²) in [4.78, 5) is 4.64. The smallest absolute Gasteiger partial charge is 0.0479 e. The highest BCUT2D eigenvalue weighted by atomic mass is 14.7. The molecular weight excluding hydrogens is 254 g/mol. The molecule has 1 aromatic carbocycles. The predicted molar refractivity (Wildman–Crippen MR) is 90.9 cm³/mol. The van der Waals surface area contributed by atoms with Gasteiger partial charge in [0.25, 0.3) is 0 Å². The minimum absolute atomic E-state index is 0.965. The van der Waals surface area contributed by atoms with E-state index in [1.54, 1.807) is 0 Å². The van der Waals surface area contributed by atoms with Gasteiger partial charge in [-0.2, -0.15) is 0 Å². The molecule has 21 heavy (non-hydrogen) atoms. The summed E-state index contributed by atoms with van der Waals surface area (Å²) in [5.74, 6) is 0. The number of aryl methyl sites for hydroxylation is 3. The summed E-state index contributed by atoms with van der Waals surface area (Å²) >= 11 is 0. The minimum atomic E-state index is 0.965. The predicted octanol–water partition coefficient (Wildman–Crippen LogP) is 5.14. The number of unbranched alkanes of at least 4 members (excludes halogenated alkanes) is 1. The molecule has 0 bridgehead atoms. The molecule has 2 aromatic rings. The molecule has 1 heteroatoms. The Hall–Kier alpha value is -1.63. The highest BCUT2D eigenvalue weighted by molar-refractivity contribution is 5.36. The van der Waals surface area contributed by atoms with Gasteiger partial charge in [0.1, 0.15) is 0 Å². The summed E-state index contributed by atoms with van der Waals surface area (Å²) in [5.41, 5.74) is 7.02. The molecule has 0 saturated carbocycles. The number of rotatable bonds is 7. The van der Waals surface area contributed by atoms with Crippen LogP contribution in [0, 0.1) is 0 Å². The van der Waals surface area contributed by atoms with E-state index in [0.29, 0.717) is 0 Å². The van der Waals surface area contributed by atoms with E-state index in [0.717, 1.165) is 25.7 Å². The van der Waals surface area contributed by atoms with Crippen LogP contribution < -0.4 is 0 Å². The Morgan fingerprint density at radius 3 is 2.48 bits per heavy atom. The maximum absolute atomic E-state index is 4.64. The van der Waals surface area contributed by atoms with Crippen molar-refractivity contribution in [1.82, 2.24) is 4.98 Å². The van der Waals surface area contributed by atoms with Crippen molar-refractivity contribution in [3.8, 4) is 0 Å². The lowest BCUT2D eigenvalue weighted by Crippen LogP contribution is -2.02. The lowest BCUT2D eigenvalue weighted by molar-refractivity contribution is 0.781. The van der Waals surface area contributed by atoms with Gasteiger partial charge in [0.2, 0.25) is 0 Å². The fourth-order valence-corrected chi connectivity index (χ4v) is 2.81. The highest BCUT2D eigenvalue weighted by Crippen LogP contribution is 2.19. The van der Waals surface area contributed by atoms with Gasteiger partial charge in [0, 0.05) is 18.3 Å². The maximum Gasteiger partial charge on any atom is 0.0479 e. The van der Waals surface area contributed by atoms with Crippen molar-refractivity contribution in [2.24, 2.45) is 0 Å². The van der Waals surface area contributed by atoms with Crippen LogP contribution in [-0.4, -0.2) is 4.98 Å². The van der Waals surface area contributed by atoms with Crippen molar-refractivity contribution in [3.63, 3.8) is 0 Å². The third-order valence-corrected chi connectivity index (χ3v) is 4.20. The highest BCUT2D eigenvalue weighted by Gasteiger charge is 2.08. The van der Waals surface area contributed by atoms with E-state index < -0.39 is 0 Å². The van der Waals surface area contributed by atoms with E-state index in [2.05, 4.69) is 56.1 Å². The van der Waals surface area contributed by atoms with Crippen LogP contribution in [0.4, 0.5) is 0 Å². The summed E-state index contributed by atoms with van der Waals surface area (Å²) < 4.78 is 0. The van der Waals surface area contributed by atoms with Gasteiger partial charge in [-0.15, -0.1) is 0 Å². The number of benzene rings is 1. The van der Waals surface area contributed by atoms with Gasteiger partial charge < -0.3 is 0 Å². The number of pyridine rings is 1. The summed E-state index contributed by atoms with van der Waals surface area (Å²) in [6.45, 7) is 6.71. The molecule has 0 atom stereocenters. The van der Waals surface area contributed by atoms with E-state index in [1.807, 2.05) is 6.20 Å². The van der Waals surface area contributed by atoms with Crippen molar-refractivity contribution in [3.05, 3.63) is 64.5 Å². The first-order valence-corrected chi connectivity index (χ1v) is 8.31. The Bertz CT molecular complexity index is 572. The molecule has 0 fully saturated rings. The van der Waals surface area contributed by atoms with Crippen LogP contribution in [0.3, 0.4) is 0 Å². The second kappa shape index (κ2) is 7.97. The van der Waals surface area contributed by atoms with Gasteiger partial charge in [0.05, 0.1) is 0 Å². The Kier molecular flexibility index (Phi) is 5.98. The fourth-order valence-electron chi connectivity index (χ4n) is 2.81. The normalized spacial score (nSPS) is 10.8. The zero-order chi connectivity index (χ0) is 15.1. The van der Waals surface area contributed by atoms with Gasteiger partial charge in [-0.1, -0.05) is 51.5 Å². The third kappa shape index (κ3) is 4.17. The van der Waals surface area contributed by atoms with E-state index in [4.69, 9.17) is 0 Å². The van der Waals surface area contributed by atoms with Gasteiger partial charge in [-0.3, -0.25) is 4.98 Å². The van der Waals surface area contributed by atoms with E-state index in [1.165, 1.54) is 40.8 Å². The summed E-state index contributed by atoms with van der Waals surface area (Å²) in [7, 11) is 0. The molecule has 0 aliphatic carbocycles. The number of hydrogen-bond acceptors (Lipinski definition) is 1. The summed E-state index contributed by atoms with van der Waals surface area (Å²) in [6.07, 6.45) is 8.73. The van der Waals surface area contributed by atoms with Crippen LogP contribution in [0.5, 0.6) is 0 Å². The fraction of sp³-hybridized carbons (Fsp3) is 0.450. The van der Waals surface area contributed by atoms with Crippen LogP contribution in [-0.2, 0) is 25.7 Å². The molecule has 0 aliphatic heterocycles. The van der Waals surface area contributed by atoms with Crippen molar-refractivity contribution in [2.45, 2.75) is 59.3 Å². The first-order valence-electron chi connectivity index (χ1n) is 8.31. The number of hydrogen-bond donors (Lipinski definition) is 0. The van der Waals surface area contributed by atoms with Crippen LogP contribution in [0.2, 0.25) is 0 Å². The quantitative estimate of drug-likeness (QED) is 0.684. The molecule has 1 aromatic heterocycles. The monoisotopic (exact) mass is 281 g/mol. The lowest BCUT2D eigenvalue weighted by Gasteiger charge is -2.12. The number of aromatic nitrogens is 1. The van der Waals surface area contributed by atoms with Crippen LogP contribution >= 0.6 is 0 Å². The molecule has 112 valence electrons. The average Bonchev–Trinajstić information content (AvgIpc) is 2.54. The molecule has 2 rings (SSSR count). The SMILES string of the molecule is CCCCc1cccnc1Cc1ccc(CC)cc1CC. The van der Waals surface area contributed by atoms with Crippen LogP contribution in [0.25, 0.3) is 0 Å². The van der Waals surface area contributed by atoms with Crippen LogP contribution in [0.15, 0.2) is 36.5 Å². The maximum atomic E-state index is 4.64. The standard InChI is InChI=1S/C20H27N/c1-4-7-9-18-10-8-13-21-20(18)15-19-12-11-16(5-2)14-17(19)6-3/h8,10-14H,4-7,9,15H2,1-3H3. The second-order valence-electron chi connectivity index (χ2n) is 5.70. The largest absolute Gasteiger partial charge is 0.261 e. The topological polar surface area (TPSA) is 12.9 Å². The first kappa shape index (κ1) is 15.8. The third-order valence-electron chi connectivity index (χ3n) is 4.20. The van der Waals surface area contributed by atoms with Crippen LogP contribution in [0.1, 0.15) is 61.6 Å². The zero-order valence-electron chi connectivity index (χ0n) is 13.7. The Balaban J connectivity index is 2.25. The Labute approximate surface area is 129 Å². The van der Waals surface area contributed by atoms with Gasteiger partial charge in [0.15, 0.2) is 0 Å². The van der Waals surface area contributed by atoms with Crippen molar-refractivity contribution < 1.29 is 0 Å². The van der Waals surface area contributed by atoms with E-state index >= 15 is 0 Å². The summed E-state index contributed by atoms with van der Waals surface area (Å²) in [6, 6.07) is 11.2. The summed E-state index contributed by atoms with van der Waals surface area (Å²) in [5, 5.41) is 0. The molecule has 0 saturated heterocycles. The molecule has 1 heterocycles. The lowest BCUT2D eigenvalue weighted by atomic mass is 9.95. The van der Waals surface area contributed by atoms with Gasteiger partial charge in [-0.25, -0.2) is 0 Å². The molecule has 0 spiro atoms. The minimum Gasteiger partial charge on any atom is -0.261 e. The Morgan fingerprint density at radius 1 is 0.905 bits per heavy atom. The average molecular weight is 281 g/mol. The van der Waals surface area contributed by atoms with Gasteiger partial charge in [-0.05, 0) is 54.0 Å². The second-order valence-corrected chi connectivity index (χ2v) is 5.70. The molecule has 0 N–H and O–H groups in total. The van der Waals surface area contributed by atoms with Crippen molar-refractivity contribution in [2.75, 3.05) is 0 Å². The van der Waals surface area contributed by atoms with Gasteiger partial charge >= 0.3 is 0 Å². The first-order chi connectivity index (χ1) is 10.3. The van der Waals surface area contributed by atoms with Crippen molar-refractivity contribution >= 4 is 0 Å². The molecule has 0 amide bonds. The molecule has 0 aliphatic rings. The molecule has 0 unspecified atom stereocenters. The van der Waals surface area contributed by atoms with E-state index in [-0.39, 0.29) is 0 Å². The van der Waals surface area contributed by atoms with E-state index in [9.17, 15) is 0 Å². The zero-order valence-corrected chi connectivity index (χ0v) is 13.7. The molecular formula is C20H27N.